The van der Waals surface area contributed by atoms with Crippen molar-refractivity contribution in [2.24, 2.45) is 0 Å². The molecule has 0 amide bonds. The molecular weight excluding hydrogens is 272 g/mol. The van der Waals surface area contributed by atoms with Crippen LogP contribution in [0, 0.1) is 41.5 Å². The van der Waals surface area contributed by atoms with Gasteiger partial charge in [0.25, 0.3) is 0 Å². The number of hydrogen-bond acceptors (Lipinski definition) is 2. The number of phenols is 2. The van der Waals surface area contributed by atoms with Crippen molar-refractivity contribution in [3.8, 4) is 11.5 Å². The second kappa shape index (κ2) is 4.64. The predicted molar refractivity (Wildman–Crippen MR) is 93.2 cm³/mol. The fourth-order valence-electron chi connectivity index (χ4n) is 3.42. The van der Waals surface area contributed by atoms with E-state index in [2.05, 4.69) is 26.0 Å². The van der Waals surface area contributed by atoms with Crippen molar-refractivity contribution < 1.29 is 10.2 Å². The lowest BCUT2D eigenvalue weighted by Gasteiger charge is -2.17. The maximum Gasteiger partial charge on any atom is 0.122 e. The molecule has 0 fully saturated rings. The van der Waals surface area contributed by atoms with E-state index in [0.717, 1.165) is 44.2 Å². The molecule has 3 rings (SSSR count). The average Bonchev–Trinajstić information content (AvgIpc) is 2.52. The fourth-order valence-corrected chi connectivity index (χ4v) is 3.42. The van der Waals surface area contributed by atoms with Crippen molar-refractivity contribution in [1.29, 1.82) is 0 Å². The van der Waals surface area contributed by atoms with E-state index in [4.69, 9.17) is 0 Å². The summed E-state index contributed by atoms with van der Waals surface area (Å²) in [6, 6.07) is 4.31. The van der Waals surface area contributed by atoms with Gasteiger partial charge < -0.3 is 10.2 Å². The number of aryl methyl sites for hydroxylation is 4. The Kier molecular flexibility index (Phi) is 3.10. The highest BCUT2D eigenvalue weighted by atomic mass is 16.3. The second-order valence-corrected chi connectivity index (χ2v) is 6.39. The van der Waals surface area contributed by atoms with Crippen LogP contribution in [0.1, 0.15) is 33.4 Å². The highest BCUT2D eigenvalue weighted by Crippen LogP contribution is 2.40. The minimum Gasteiger partial charge on any atom is -0.507 e. The number of benzene rings is 3. The number of fused-ring (bicyclic) bond motifs is 2. The van der Waals surface area contributed by atoms with Crippen LogP contribution in [0.5, 0.6) is 11.5 Å². The maximum absolute atomic E-state index is 10.3. The number of phenolic OH excluding ortho intramolecular Hbond substituents is 2. The van der Waals surface area contributed by atoms with Crippen LogP contribution in [0.25, 0.3) is 21.5 Å². The van der Waals surface area contributed by atoms with E-state index >= 15 is 0 Å². The third-order valence-electron chi connectivity index (χ3n) is 5.32. The summed E-state index contributed by atoms with van der Waals surface area (Å²) < 4.78 is 0. The van der Waals surface area contributed by atoms with E-state index in [-0.39, 0.29) is 0 Å². The van der Waals surface area contributed by atoms with Crippen molar-refractivity contribution in [1.82, 2.24) is 0 Å². The summed E-state index contributed by atoms with van der Waals surface area (Å²) in [5, 5.41) is 25.1. The van der Waals surface area contributed by atoms with Crippen molar-refractivity contribution in [2.45, 2.75) is 41.5 Å². The molecule has 0 saturated heterocycles. The van der Waals surface area contributed by atoms with E-state index in [1.165, 1.54) is 10.8 Å². The number of aromatic hydroxyl groups is 2. The van der Waals surface area contributed by atoms with Crippen LogP contribution >= 0.6 is 0 Å². The number of rotatable bonds is 0. The molecular formula is C20H22O2. The first-order valence-corrected chi connectivity index (χ1v) is 7.60. The van der Waals surface area contributed by atoms with Gasteiger partial charge in [-0.15, -0.1) is 0 Å². The Morgan fingerprint density at radius 3 is 1.05 bits per heavy atom. The molecule has 2 nitrogen and oxygen atoms in total. The zero-order valence-corrected chi connectivity index (χ0v) is 14.0. The van der Waals surface area contributed by atoms with E-state index in [1.54, 1.807) is 0 Å². The molecule has 0 radical (unpaired) electrons. The first kappa shape index (κ1) is 14.7. The lowest BCUT2D eigenvalue weighted by atomic mass is 9.89. The molecule has 0 saturated carbocycles. The molecule has 0 aromatic heterocycles. The Balaban J connectivity index is 2.64. The fraction of sp³-hybridized carbons (Fsp3) is 0.300. The zero-order chi connectivity index (χ0) is 16.3. The summed E-state index contributed by atoms with van der Waals surface area (Å²) in [7, 11) is 0. The highest BCUT2D eigenvalue weighted by molar-refractivity contribution is 6.05. The van der Waals surface area contributed by atoms with Crippen LogP contribution in [-0.2, 0) is 0 Å². The number of hydrogen-bond donors (Lipinski definition) is 2. The molecule has 0 spiro atoms. The molecule has 0 aliphatic carbocycles. The van der Waals surface area contributed by atoms with Gasteiger partial charge >= 0.3 is 0 Å². The van der Waals surface area contributed by atoms with Gasteiger partial charge in [0, 0.05) is 0 Å². The van der Waals surface area contributed by atoms with E-state index in [0.29, 0.717) is 11.5 Å². The van der Waals surface area contributed by atoms with Gasteiger partial charge in [-0.1, -0.05) is 0 Å². The predicted octanol–water partition coefficient (Wildman–Crippen LogP) is 5.25. The normalized spacial score (nSPS) is 11.5. The van der Waals surface area contributed by atoms with Crippen molar-refractivity contribution in [3.05, 3.63) is 45.5 Å². The van der Waals surface area contributed by atoms with Crippen LogP contribution in [0.15, 0.2) is 12.1 Å². The average molecular weight is 294 g/mol. The van der Waals surface area contributed by atoms with Gasteiger partial charge in [0.2, 0.25) is 0 Å². The molecule has 0 unspecified atom stereocenters. The van der Waals surface area contributed by atoms with E-state index in [1.807, 2.05) is 27.7 Å². The Hall–Kier alpha value is -2.22. The van der Waals surface area contributed by atoms with Crippen LogP contribution in [0.2, 0.25) is 0 Å². The summed E-state index contributed by atoms with van der Waals surface area (Å²) in [5.74, 6) is 0.741. The molecule has 0 bridgehead atoms. The molecule has 2 N–H and O–H groups in total. The summed E-state index contributed by atoms with van der Waals surface area (Å²) in [6.45, 7) is 11.9. The molecule has 0 heterocycles. The minimum atomic E-state index is 0.370. The molecule has 22 heavy (non-hydrogen) atoms. The first-order valence-electron chi connectivity index (χ1n) is 7.60. The molecule has 2 heteroatoms. The second-order valence-electron chi connectivity index (χ2n) is 6.39. The topological polar surface area (TPSA) is 40.5 Å². The van der Waals surface area contributed by atoms with Crippen LogP contribution in [-0.4, -0.2) is 10.2 Å². The van der Waals surface area contributed by atoms with Gasteiger partial charge in [-0.3, -0.25) is 0 Å². The summed E-state index contributed by atoms with van der Waals surface area (Å²) >= 11 is 0. The molecule has 0 atom stereocenters. The first-order chi connectivity index (χ1) is 10.3. The van der Waals surface area contributed by atoms with Crippen molar-refractivity contribution in [2.75, 3.05) is 0 Å². The van der Waals surface area contributed by atoms with E-state index < -0.39 is 0 Å². The van der Waals surface area contributed by atoms with Crippen molar-refractivity contribution >= 4 is 21.5 Å². The lowest BCUT2D eigenvalue weighted by molar-refractivity contribution is 0.467. The smallest absolute Gasteiger partial charge is 0.122 e. The molecule has 114 valence electrons. The third-order valence-corrected chi connectivity index (χ3v) is 5.32. The lowest BCUT2D eigenvalue weighted by Crippen LogP contribution is -1.94. The summed E-state index contributed by atoms with van der Waals surface area (Å²) in [4.78, 5) is 0. The van der Waals surface area contributed by atoms with Crippen LogP contribution < -0.4 is 0 Å². The summed E-state index contributed by atoms with van der Waals surface area (Å²) in [6.07, 6.45) is 0. The molecule has 3 aromatic carbocycles. The summed E-state index contributed by atoms with van der Waals surface area (Å²) in [5.41, 5.74) is 5.91. The maximum atomic E-state index is 10.3. The standard InChI is InChI=1S/C20H22O2/c1-9-11(3)19(21)13(5)17-8-18-14(6)20(22)12(4)10(2)16(18)7-15(9)17/h7-8,21-22H,1-6H3. The largest absolute Gasteiger partial charge is 0.507 e. The van der Waals surface area contributed by atoms with Gasteiger partial charge in [-0.2, -0.15) is 0 Å². The Bertz CT molecular complexity index is 797. The molecule has 0 aliphatic heterocycles. The van der Waals surface area contributed by atoms with Crippen LogP contribution in [0.4, 0.5) is 0 Å². The zero-order valence-electron chi connectivity index (χ0n) is 14.0. The van der Waals surface area contributed by atoms with Gasteiger partial charge in [-0.05, 0) is 109 Å². The van der Waals surface area contributed by atoms with Gasteiger partial charge in [0.1, 0.15) is 11.5 Å². The van der Waals surface area contributed by atoms with Crippen molar-refractivity contribution in [3.63, 3.8) is 0 Å². The highest BCUT2D eigenvalue weighted by Gasteiger charge is 2.16. The van der Waals surface area contributed by atoms with Gasteiger partial charge in [0.05, 0.1) is 0 Å². The van der Waals surface area contributed by atoms with E-state index in [9.17, 15) is 10.2 Å². The molecule has 0 aliphatic rings. The Morgan fingerprint density at radius 1 is 0.455 bits per heavy atom. The molecule has 3 aromatic rings. The quantitative estimate of drug-likeness (QED) is 0.556. The minimum absolute atomic E-state index is 0.370. The Morgan fingerprint density at radius 2 is 0.727 bits per heavy atom. The Labute approximate surface area is 131 Å². The monoisotopic (exact) mass is 294 g/mol. The van der Waals surface area contributed by atoms with Crippen LogP contribution in [0.3, 0.4) is 0 Å². The SMILES string of the molecule is Cc1c(O)c(C)c2cc3c(C)c(O)c(C)c(C)c3cc2c1C. The van der Waals surface area contributed by atoms with Gasteiger partial charge in [0.15, 0.2) is 0 Å². The third kappa shape index (κ3) is 1.73. The van der Waals surface area contributed by atoms with Gasteiger partial charge in [-0.25, -0.2) is 0 Å².